The molecule has 0 N–H and O–H groups in total. The van der Waals surface area contributed by atoms with Crippen LogP contribution in [-0.2, 0) is 21.8 Å². The lowest BCUT2D eigenvalue weighted by Gasteiger charge is -2.28. The first-order valence-corrected chi connectivity index (χ1v) is 10.4. The molecule has 0 amide bonds. The molecule has 0 radical (unpaired) electrons. The Labute approximate surface area is 186 Å². The van der Waals surface area contributed by atoms with Crippen molar-refractivity contribution in [2.75, 3.05) is 19.8 Å². The molecule has 1 fully saturated rings. The third-order valence-electron chi connectivity index (χ3n) is 4.83. The molecule has 1 saturated heterocycles. The molecule has 2 atom stereocenters. The van der Waals surface area contributed by atoms with Crippen molar-refractivity contribution in [1.29, 1.82) is 0 Å². The van der Waals surface area contributed by atoms with Gasteiger partial charge in [0.2, 0.25) is 5.79 Å². The van der Waals surface area contributed by atoms with Crippen LogP contribution < -0.4 is 9.47 Å². The molecule has 3 aromatic rings. The Kier molecular flexibility index (Phi) is 6.86. The lowest BCUT2D eigenvalue weighted by atomic mass is 10.1. The van der Waals surface area contributed by atoms with Gasteiger partial charge in [0, 0.05) is 10.6 Å². The summed E-state index contributed by atoms with van der Waals surface area (Å²) in [6.45, 7) is 5.30. The van der Waals surface area contributed by atoms with E-state index >= 15 is 0 Å². The van der Waals surface area contributed by atoms with Gasteiger partial charge in [0.15, 0.2) is 11.5 Å². The van der Waals surface area contributed by atoms with Crippen molar-refractivity contribution in [2.24, 2.45) is 0 Å². The average molecular weight is 442 g/mol. The molecule has 8 heteroatoms. The number of rotatable bonds is 10. The van der Waals surface area contributed by atoms with Gasteiger partial charge < -0.3 is 18.9 Å². The van der Waals surface area contributed by atoms with E-state index in [9.17, 15) is 0 Å². The predicted octanol–water partition coefficient (Wildman–Crippen LogP) is 4.23. The van der Waals surface area contributed by atoms with Gasteiger partial charge in [0.25, 0.3) is 0 Å². The summed E-state index contributed by atoms with van der Waals surface area (Å²) in [5.41, 5.74) is 0.850. The first-order valence-electron chi connectivity index (χ1n) is 10.0. The van der Waals surface area contributed by atoms with Gasteiger partial charge in [-0.25, -0.2) is 9.67 Å². The highest BCUT2D eigenvalue weighted by atomic mass is 35.5. The number of ether oxygens (including phenoxy) is 4. The Bertz CT molecular complexity index is 981. The number of para-hydroxylation sites is 2. The van der Waals surface area contributed by atoms with E-state index in [1.807, 2.05) is 54.6 Å². The van der Waals surface area contributed by atoms with Crippen molar-refractivity contribution in [3.63, 3.8) is 0 Å². The largest absolute Gasteiger partial charge is 0.489 e. The summed E-state index contributed by atoms with van der Waals surface area (Å²) in [4.78, 5) is 4.01. The van der Waals surface area contributed by atoms with Crippen molar-refractivity contribution in [2.45, 2.75) is 24.9 Å². The van der Waals surface area contributed by atoms with Gasteiger partial charge >= 0.3 is 0 Å². The maximum atomic E-state index is 6.38. The molecular formula is C23H24ClN3O4. The maximum absolute atomic E-state index is 6.38. The van der Waals surface area contributed by atoms with Crippen molar-refractivity contribution in [3.05, 3.63) is 84.4 Å². The second kappa shape index (κ2) is 9.96. The first kappa shape index (κ1) is 21.4. The lowest BCUT2D eigenvalue weighted by Crippen LogP contribution is -2.34. The Balaban J connectivity index is 1.46. The fourth-order valence-electron chi connectivity index (χ4n) is 3.33. The van der Waals surface area contributed by atoms with Gasteiger partial charge in [0.05, 0.1) is 13.2 Å². The molecule has 162 valence electrons. The molecule has 2 heterocycles. The van der Waals surface area contributed by atoms with Crippen molar-refractivity contribution >= 4 is 11.6 Å². The number of hydrogen-bond acceptors (Lipinski definition) is 6. The van der Waals surface area contributed by atoms with E-state index in [2.05, 4.69) is 16.7 Å². The van der Waals surface area contributed by atoms with Crippen LogP contribution in [0.1, 0.15) is 12.0 Å². The standard InChI is InChI=1S/C23H24ClN3O4/c1-2-3-12-28-21-6-4-5-7-22(21)29-13-20-14-30-23(31-20,15-27-17-25-16-26-27)18-8-10-19(24)11-9-18/h2,4-11,16-17,20H,1,3,12-15H2. The summed E-state index contributed by atoms with van der Waals surface area (Å²) in [6.07, 6.45) is 5.41. The van der Waals surface area contributed by atoms with E-state index in [1.165, 1.54) is 6.33 Å². The SMILES string of the molecule is C=CCCOc1ccccc1OCC1COC(Cn2cncn2)(c2ccc(Cl)cc2)O1. The smallest absolute Gasteiger partial charge is 0.215 e. The maximum Gasteiger partial charge on any atom is 0.215 e. The molecule has 2 unspecified atom stereocenters. The summed E-state index contributed by atoms with van der Waals surface area (Å²) in [7, 11) is 0. The zero-order valence-corrected chi connectivity index (χ0v) is 17.8. The number of hydrogen-bond donors (Lipinski definition) is 0. The summed E-state index contributed by atoms with van der Waals surface area (Å²) in [5.74, 6) is 0.344. The number of halogens is 1. The average Bonchev–Trinajstić information content (AvgIpc) is 3.45. The molecule has 7 nitrogen and oxygen atoms in total. The molecule has 4 rings (SSSR count). The Morgan fingerprint density at radius 3 is 2.65 bits per heavy atom. The van der Waals surface area contributed by atoms with Crippen molar-refractivity contribution in [1.82, 2.24) is 14.8 Å². The predicted molar refractivity (Wildman–Crippen MR) is 116 cm³/mol. The van der Waals surface area contributed by atoms with Gasteiger partial charge in [-0.05, 0) is 30.7 Å². The molecule has 31 heavy (non-hydrogen) atoms. The van der Waals surface area contributed by atoms with E-state index in [-0.39, 0.29) is 6.10 Å². The van der Waals surface area contributed by atoms with Crippen molar-refractivity contribution < 1.29 is 18.9 Å². The van der Waals surface area contributed by atoms with Crippen molar-refractivity contribution in [3.8, 4) is 11.5 Å². The zero-order chi connectivity index (χ0) is 21.5. The third-order valence-corrected chi connectivity index (χ3v) is 5.09. The monoisotopic (exact) mass is 441 g/mol. The van der Waals surface area contributed by atoms with E-state index < -0.39 is 5.79 Å². The van der Waals surface area contributed by atoms with Gasteiger partial charge in [-0.15, -0.1) is 6.58 Å². The van der Waals surface area contributed by atoms with Gasteiger partial charge in [0.1, 0.15) is 31.9 Å². The van der Waals surface area contributed by atoms with Gasteiger partial charge in [-0.3, -0.25) is 0 Å². The molecule has 0 saturated carbocycles. The summed E-state index contributed by atoms with van der Waals surface area (Å²) in [6, 6.07) is 15.0. The van der Waals surface area contributed by atoms with Crippen LogP contribution in [0.5, 0.6) is 11.5 Å². The number of aromatic nitrogens is 3. The molecule has 2 aromatic carbocycles. The molecular weight excluding hydrogens is 418 g/mol. The minimum absolute atomic E-state index is 0.277. The lowest BCUT2D eigenvalue weighted by molar-refractivity contribution is -0.190. The molecule has 1 aliphatic heterocycles. The fourth-order valence-corrected chi connectivity index (χ4v) is 3.45. The Morgan fingerprint density at radius 2 is 1.94 bits per heavy atom. The third kappa shape index (κ3) is 5.25. The second-order valence-corrected chi connectivity index (χ2v) is 7.52. The highest BCUT2D eigenvalue weighted by Gasteiger charge is 2.44. The van der Waals surface area contributed by atoms with Crippen LogP contribution in [0.3, 0.4) is 0 Å². The van der Waals surface area contributed by atoms with Crippen LogP contribution in [0.2, 0.25) is 5.02 Å². The van der Waals surface area contributed by atoms with Crippen LogP contribution in [0.25, 0.3) is 0 Å². The number of nitrogens with zero attached hydrogens (tertiary/aromatic N) is 3. The fraction of sp³-hybridized carbons (Fsp3) is 0.304. The minimum Gasteiger partial charge on any atom is -0.489 e. The molecule has 0 spiro atoms. The second-order valence-electron chi connectivity index (χ2n) is 7.09. The van der Waals surface area contributed by atoms with Crippen LogP contribution in [-0.4, -0.2) is 40.7 Å². The van der Waals surface area contributed by atoms with E-state index in [1.54, 1.807) is 11.0 Å². The van der Waals surface area contributed by atoms with E-state index in [0.717, 1.165) is 12.0 Å². The minimum atomic E-state index is -1.01. The Morgan fingerprint density at radius 1 is 1.16 bits per heavy atom. The van der Waals surface area contributed by atoms with Gasteiger partial charge in [-0.2, -0.15) is 5.10 Å². The van der Waals surface area contributed by atoms with Crippen LogP contribution in [0.15, 0.2) is 73.8 Å². The molecule has 1 aliphatic rings. The molecule has 0 aliphatic carbocycles. The van der Waals surface area contributed by atoms with Gasteiger partial charge in [-0.1, -0.05) is 41.9 Å². The topological polar surface area (TPSA) is 67.6 Å². The van der Waals surface area contributed by atoms with E-state index in [4.69, 9.17) is 30.5 Å². The highest BCUT2D eigenvalue weighted by Crippen LogP contribution is 2.37. The highest BCUT2D eigenvalue weighted by molar-refractivity contribution is 6.30. The normalized spacial score (nSPS) is 20.5. The molecule has 0 bridgehead atoms. The molecule has 1 aromatic heterocycles. The first-order chi connectivity index (χ1) is 15.2. The number of benzene rings is 2. The van der Waals surface area contributed by atoms with Crippen LogP contribution >= 0.6 is 11.6 Å². The summed E-state index contributed by atoms with van der Waals surface area (Å²) >= 11 is 6.07. The quantitative estimate of drug-likeness (QED) is 0.346. The van der Waals surface area contributed by atoms with Crippen LogP contribution in [0, 0.1) is 0 Å². The summed E-state index contributed by atoms with van der Waals surface area (Å²) < 4.78 is 26.0. The van der Waals surface area contributed by atoms with E-state index in [0.29, 0.717) is 42.9 Å². The zero-order valence-electron chi connectivity index (χ0n) is 17.0. The van der Waals surface area contributed by atoms with Crippen LogP contribution in [0.4, 0.5) is 0 Å². The Hall–Kier alpha value is -2.87. The summed E-state index contributed by atoms with van der Waals surface area (Å²) in [5, 5.41) is 4.84.